The van der Waals surface area contributed by atoms with Crippen molar-refractivity contribution in [3.05, 3.63) is 104 Å². The van der Waals surface area contributed by atoms with Crippen molar-refractivity contribution < 1.29 is 9.26 Å². The number of rotatable bonds is 10. The van der Waals surface area contributed by atoms with Crippen molar-refractivity contribution in [2.24, 2.45) is 0 Å². The first kappa shape index (κ1) is 27.9. The molecule has 1 aliphatic carbocycles. The van der Waals surface area contributed by atoms with E-state index in [1.54, 1.807) is 25.7 Å². The minimum atomic E-state index is -0.598. The van der Waals surface area contributed by atoms with Crippen molar-refractivity contribution in [2.75, 3.05) is 7.11 Å². The molecule has 212 valence electrons. The molecule has 0 radical (unpaired) electrons. The molecule has 0 spiro atoms. The van der Waals surface area contributed by atoms with E-state index in [4.69, 9.17) is 19.2 Å². The number of H-pyrrole nitrogens is 1. The molecule has 0 fully saturated rings. The zero-order valence-electron chi connectivity index (χ0n) is 23.6. The average molecular weight is 556 g/mol. The number of methoxy groups -OCH3 is 1. The van der Waals surface area contributed by atoms with Gasteiger partial charge in [0, 0.05) is 41.3 Å². The Hall–Kier alpha value is -4.67. The molecule has 0 aromatic carbocycles. The van der Waals surface area contributed by atoms with Crippen LogP contribution in [-0.4, -0.2) is 41.8 Å². The highest BCUT2D eigenvalue weighted by molar-refractivity contribution is 5.69. The molecule has 11 nitrogen and oxygen atoms in total. The van der Waals surface area contributed by atoms with Crippen LogP contribution in [-0.2, 0) is 12.8 Å². The number of hydrogen-bond acceptors (Lipinski definition) is 9. The molecule has 1 unspecified atom stereocenters. The summed E-state index contributed by atoms with van der Waals surface area (Å²) >= 11 is 0. The van der Waals surface area contributed by atoms with Gasteiger partial charge in [-0.05, 0) is 30.9 Å². The number of aryl methyl sites for hydroxylation is 1. The van der Waals surface area contributed by atoms with Gasteiger partial charge < -0.3 is 4.74 Å². The van der Waals surface area contributed by atoms with Gasteiger partial charge in [-0.25, -0.2) is 24.3 Å². The Bertz CT molecular complexity index is 1680. The van der Waals surface area contributed by atoms with E-state index >= 15 is 0 Å². The molecule has 0 saturated carbocycles. The quantitative estimate of drug-likeness (QED) is 0.303. The third kappa shape index (κ3) is 5.93. The molecular formula is C30H33N7O4. The molecule has 0 aliphatic heterocycles. The Kier molecular flexibility index (Phi) is 8.32. The Balaban J connectivity index is 1.51. The van der Waals surface area contributed by atoms with Crippen LogP contribution in [0.1, 0.15) is 86.0 Å². The molecular weight excluding hydrogens is 522 g/mol. The van der Waals surface area contributed by atoms with Gasteiger partial charge in [-0.3, -0.25) is 19.3 Å². The fraction of sp³-hybridized carbons (Fsp3) is 0.367. The molecule has 0 bridgehead atoms. The minimum absolute atomic E-state index is 0.0183. The molecule has 4 heterocycles. The van der Waals surface area contributed by atoms with Gasteiger partial charge >= 0.3 is 5.76 Å². The van der Waals surface area contributed by atoms with Crippen molar-refractivity contribution >= 4 is 5.57 Å². The standard InChI is InChI=1S/C30H33N7O4/c1-5-6-11-25-23(28(38)37(27(34-25)18(2)3)29-32-16-20(40-4)17-33-29)14-19-12-13-24(31-15-19)21-9-7-8-10-22(21)26-35-30(39)41-36-26/h7-8,10,12-13,15-18,21H,5-6,9,11,14H2,1-4H3,(H,35,36,39). The number of ether oxygens (including phenoxy) is 1. The fourth-order valence-electron chi connectivity index (χ4n) is 4.92. The molecule has 4 aromatic heterocycles. The van der Waals surface area contributed by atoms with Crippen LogP contribution in [0, 0.1) is 0 Å². The maximum absolute atomic E-state index is 14.1. The first-order valence-corrected chi connectivity index (χ1v) is 13.8. The highest BCUT2D eigenvalue weighted by Gasteiger charge is 2.24. The Morgan fingerprint density at radius 2 is 1.95 bits per heavy atom. The van der Waals surface area contributed by atoms with E-state index < -0.39 is 5.76 Å². The summed E-state index contributed by atoms with van der Waals surface area (Å²) in [5.41, 5.74) is 3.77. The van der Waals surface area contributed by atoms with Crippen LogP contribution >= 0.6 is 0 Å². The van der Waals surface area contributed by atoms with Crippen LogP contribution < -0.4 is 16.1 Å². The van der Waals surface area contributed by atoms with Crippen LogP contribution in [0.25, 0.3) is 11.5 Å². The monoisotopic (exact) mass is 555 g/mol. The van der Waals surface area contributed by atoms with Gasteiger partial charge in [0.05, 0.1) is 25.2 Å². The Morgan fingerprint density at radius 1 is 1.15 bits per heavy atom. The molecule has 1 N–H and O–H groups in total. The number of allylic oxidation sites excluding steroid dienone is 4. The van der Waals surface area contributed by atoms with Gasteiger partial charge in [0.25, 0.3) is 5.56 Å². The maximum atomic E-state index is 14.1. The number of aromatic nitrogens is 7. The third-order valence-corrected chi connectivity index (χ3v) is 7.08. The number of unbranched alkanes of at least 4 members (excludes halogenated alkanes) is 1. The summed E-state index contributed by atoms with van der Waals surface area (Å²) < 4.78 is 11.4. The highest BCUT2D eigenvalue weighted by Crippen LogP contribution is 2.35. The summed E-state index contributed by atoms with van der Waals surface area (Å²) in [4.78, 5) is 46.8. The highest BCUT2D eigenvalue weighted by atomic mass is 16.5. The van der Waals surface area contributed by atoms with E-state index in [2.05, 4.69) is 27.0 Å². The molecule has 4 aromatic rings. The minimum Gasteiger partial charge on any atom is -0.494 e. The summed E-state index contributed by atoms with van der Waals surface area (Å²) in [6.07, 6.45) is 14.5. The second-order valence-corrected chi connectivity index (χ2v) is 10.3. The van der Waals surface area contributed by atoms with E-state index in [1.807, 2.05) is 44.2 Å². The van der Waals surface area contributed by atoms with Gasteiger partial charge in [-0.15, -0.1) is 0 Å². The number of pyridine rings is 1. The molecule has 41 heavy (non-hydrogen) atoms. The Labute approximate surface area is 237 Å². The SMILES string of the molecule is CCCCc1nc(C(C)C)n(-c2ncc(OC)cn2)c(=O)c1Cc1ccc(C2CC=CC=C2c2noc(=O)[nH]2)nc1. The van der Waals surface area contributed by atoms with E-state index in [-0.39, 0.29) is 23.3 Å². The molecule has 0 amide bonds. The number of hydrogen-bond donors (Lipinski definition) is 1. The molecule has 0 saturated heterocycles. The van der Waals surface area contributed by atoms with E-state index in [0.29, 0.717) is 42.2 Å². The van der Waals surface area contributed by atoms with Gasteiger partial charge in [-0.1, -0.05) is 56.6 Å². The summed E-state index contributed by atoms with van der Waals surface area (Å²) in [5.74, 6) is 1.08. The van der Waals surface area contributed by atoms with Crippen molar-refractivity contribution in [1.29, 1.82) is 0 Å². The van der Waals surface area contributed by atoms with Crippen molar-refractivity contribution in [2.45, 2.75) is 64.7 Å². The lowest BCUT2D eigenvalue weighted by Crippen LogP contribution is -2.31. The smallest absolute Gasteiger partial charge is 0.439 e. The second kappa shape index (κ2) is 12.2. The van der Waals surface area contributed by atoms with Crippen LogP contribution in [0.15, 0.2) is 63.1 Å². The predicted octanol–water partition coefficient (Wildman–Crippen LogP) is 4.29. The third-order valence-electron chi connectivity index (χ3n) is 7.08. The van der Waals surface area contributed by atoms with Crippen molar-refractivity contribution in [3.8, 4) is 11.7 Å². The lowest BCUT2D eigenvalue weighted by atomic mass is 9.87. The molecule has 5 rings (SSSR count). The molecule has 1 aliphatic rings. The first-order chi connectivity index (χ1) is 19.9. The zero-order valence-corrected chi connectivity index (χ0v) is 23.6. The average Bonchev–Trinajstić information content (AvgIpc) is 3.43. The van der Waals surface area contributed by atoms with Crippen LogP contribution in [0.4, 0.5) is 0 Å². The molecule has 1 atom stereocenters. The summed E-state index contributed by atoms with van der Waals surface area (Å²) in [6.45, 7) is 6.13. The van der Waals surface area contributed by atoms with Gasteiger partial charge in [0.1, 0.15) is 5.82 Å². The van der Waals surface area contributed by atoms with Gasteiger partial charge in [0.2, 0.25) is 5.95 Å². The maximum Gasteiger partial charge on any atom is 0.439 e. The summed E-state index contributed by atoms with van der Waals surface area (Å²) in [6, 6.07) is 3.94. The topological polar surface area (TPSA) is 142 Å². The lowest BCUT2D eigenvalue weighted by molar-refractivity contribution is 0.384. The zero-order chi connectivity index (χ0) is 28.9. The number of aromatic amines is 1. The Morgan fingerprint density at radius 3 is 2.59 bits per heavy atom. The van der Waals surface area contributed by atoms with Crippen LogP contribution in [0.2, 0.25) is 0 Å². The van der Waals surface area contributed by atoms with Crippen LogP contribution in [0.5, 0.6) is 5.75 Å². The van der Waals surface area contributed by atoms with E-state index in [1.165, 1.54) is 4.57 Å². The van der Waals surface area contributed by atoms with E-state index in [9.17, 15) is 9.59 Å². The van der Waals surface area contributed by atoms with E-state index in [0.717, 1.165) is 35.4 Å². The van der Waals surface area contributed by atoms with Gasteiger partial charge in [0.15, 0.2) is 11.6 Å². The van der Waals surface area contributed by atoms with Crippen molar-refractivity contribution in [3.63, 3.8) is 0 Å². The largest absolute Gasteiger partial charge is 0.494 e. The molecule has 11 heteroatoms. The fourth-order valence-corrected chi connectivity index (χ4v) is 4.92. The predicted molar refractivity (Wildman–Crippen MR) is 153 cm³/mol. The first-order valence-electron chi connectivity index (χ1n) is 13.8. The summed E-state index contributed by atoms with van der Waals surface area (Å²) in [5, 5.41) is 3.86. The lowest BCUT2D eigenvalue weighted by Gasteiger charge is -2.20. The number of nitrogens with zero attached hydrogens (tertiary/aromatic N) is 6. The van der Waals surface area contributed by atoms with Crippen molar-refractivity contribution in [1.82, 2.24) is 34.6 Å². The second-order valence-electron chi connectivity index (χ2n) is 10.3. The normalized spacial score (nSPS) is 14.9. The van der Waals surface area contributed by atoms with Crippen LogP contribution in [0.3, 0.4) is 0 Å². The number of nitrogens with one attached hydrogen (secondary N) is 1. The van der Waals surface area contributed by atoms with Gasteiger partial charge in [-0.2, -0.15) is 0 Å². The summed E-state index contributed by atoms with van der Waals surface area (Å²) in [7, 11) is 1.54.